The number of anilines is 1. The van der Waals surface area contributed by atoms with Gasteiger partial charge in [-0.25, -0.2) is 0 Å². The van der Waals surface area contributed by atoms with E-state index in [1.807, 2.05) is 18.7 Å². The van der Waals surface area contributed by atoms with Crippen molar-refractivity contribution in [2.75, 3.05) is 18.0 Å². The Kier molecular flexibility index (Phi) is 4.03. The molecule has 0 unspecified atom stereocenters. The molecular weight excluding hydrogens is 288 g/mol. The Labute approximate surface area is 126 Å². The molecule has 0 saturated heterocycles. The third-order valence-corrected chi connectivity index (χ3v) is 3.89. The highest BCUT2D eigenvalue weighted by Crippen LogP contribution is 2.31. The van der Waals surface area contributed by atoms with Crippen molar-refractivity contribution in [3.05, 3.63) is 43.0 Å². The van der Waals surface area contributed by atoms with Crippen LogP contribution < -0.4 is 16.0 Å². The van der Waals surface area contributed by atoms with Crippen LogP contribution in [0.5, 0.6) is 0 Å². The van der Waals surface area contributed by atoms with Crippen molar-refractivity contribution in [3.63, 3.8) is 0 Å². The van der Waals surface area contributed by atoms with Crippen molar-refractivity contribution in [1.29, 1.82) is 0 Å². The normalized spacial score (nSPS) is 10.9. The molecule has 0 bridgehead atoms. The lowest BCUT2D eigenvalue weighted by atomic mass is 10.2. The first kappa shape index (κ1) is 15.7. The van der Waals surface area contributed by atoms with E-state index in [2.05, 4.69) is 0 Å². The SMILES string of the molecule is CCN(CC)c1cc2c(cc1[N+](=O)[O-])n(C)c(=O)c(=O)n2C. The molecule has 0 spiro atoms. The van der Waals surface area contributed by atoms with E-state index >= 15 is 0 Å². The number of nitro groups is 1. The largest absolute Gasteiger partial charge is 0.366 e. The van der Waals surface area contributed by atoms with Crippen molar-refractivity contribution in [3.8, 4) is 0 Å². The molecule has 8 nitrogen and oxygen atoms in total. The summed E-state index contributed by atoms with van der Waals surface area (Å²) in [5, 5.41) is 11.4. The van der Waals surface area contributed by atoms with Gasteiger partial charge in [-0.05, 0) is 19.9 Å². The fourth-order valence-corrected chi connectivity index (χ4v) is 2.56. The lowest BCUT2D eigenvalue weighted by Crippen LogP contribution is -2.39. The molecule has 0 N–H and O–H groups in total. The molecule has 0 amide bonds. The molecule has 8 heteroatoms. The van der Waals surface area contributed by atoms with E-state index in [4.69, 9.17) is 0 Å². The van der Waals surface area contributed by atoms with Crippen LogP contribution in [0.25, 0.3) is 11.0 Å². The van der Waals surface area contributed by atoms with Gasteiger partial charge in [0.15, 0.2) is 0 Å². The molecule has 22 heavy (non-hydrogen) atoms. The quantitative estimate of drug-likeness (QED) is 0.477. The van der Waals surface area contributed by atoms with E-state index in [0.29, 0.717) is 29.8 Å². The fourth-order valence-electron chi connectivity index (χ4n) is 2.56. The van der Waals surface area contributed by atoms with E-state index < -0.39 is 16.0 Å². The van der Waals surface area contributed by atoms with Crippen LogP contribution in [-0.4, -0.2) is 27.1 Å². The van der Waals surface area contributed by atoms with E-state index in [0.717, 1.165) is 4.57 Å². The summed E-state index contributed by atoms with van der Waals surface area (Å²) < 4.78 is 2.38. The molecule has 0 aliphatic rings. The van der Waals surface area contributed by atoms with Crippen LogP contribution in [0.1, 0.15) is 13.8 Å². The van der Waals surface area contributed by atoms with Crippen molar-refractivity contribution >= 4 is 22.4 Å². The van der Waals surface area contributed by atoms with Gasteiger partial charge in [0, 0.05) is 33.3 Å². The number of aryl methyl sites for hydroxylation is 2. The number of nitrogens with zero attached hydrogens (tertiary/aromatic N) is 4. The molecule has 0 radical (unpaired) electrons. The average molecular weight is 306 g/mol. The topological polar surface area (TPSA) is 90.4 Å². The molecule has 0 saturated carbocycles. The van der Waals surface area contributed by atoms with Gasteiger partial charge >= 0.3 is 11.1 Å². The summed E-state index contributed by atoms with van der Waals surface area (Å²) in [5.41, 5.74) is -0.162. The third kappa shape index (κ3) is 2.26. The smallest absolute Gasteiger partial charge is 0.316 e. The Morgan fingerprint density at radius 1 is 1.05 bits per heavy atom. The Bertz CT molecular complexity index is 862. The molecule has 0 fully saturated rings. The van der Waals surface area contributed by atoms with E-state index in [9.17, 15) is 19.7 Å². The van der Waals surface area contributed by atoms with Crippen molar-refractivity contribution in [2.24, 2.45) is 14.1 Å². The van der Waals surface area contributed by atoms with Crippen molar-refractivity contribution < 1.29 is 4.92 Å². The van der Waals surface area contributed by atoms with Gasteiger partial charge in [0.25, 0.3) is 5.69 Å². The van der Waals surface area contributed by atoms with Crippen LogP contribution in [-0.2, 0) is 14.1 Å². The minimum atomic E-state index is -0.708. The lowest BCUT2D eigenvalue weighted by molar-refractivity contribution is -0.384. The summed E-state index contributed by atoms with van der Waals surface area (Å²) >= 11 is 0. The van der Waals surface area contributed by atoms with Gasteiger partial charge in [-0.3, -0.25) is 19.7 Å². The van der Waals surface area contributed by atoms with Gasteiger partial charge in [0.1, 0.15) is 5.69 Å². The maximum atomic E-state index is 11.9. The summed E-state index contributed by atoms with van der Waals surface area (Å²) in [4.78, 5) is 36.5. The number of nitro benzene ring substituents is 1. The molecule has 118 valence electrons. The molecule has 2 rings (SSSR count). The minimum absolute atomic E-state index is 0.0788. The van der Waals surface area contributed by atoms with Crippen LogP contribution in [0.4, 0.5) is 11.4 Å². The van der Waals surface area contributed by atoms with E-state index in [-0.39, 0.29) is 5.69 Å². The number of aromatic nitrogens is 2. The van der Waals surface area contributed by atoms with Crippen molar-refractivity contribution in [1.82, 2.24) is 9.13 Å². The predicted molar refractivity (Wildman–Crippen MR) is 84.6 cm³/mol. The first-order valence-corrected chi connectivity index (χ1v) is 6.96. The monoisotopic (exact) mass is 306 g/mol. The Morgan fingerprint density at radius 3 is 1.91 bits per heavy atom. The van der Waals surface area contributed by atoms with Gasteiger partial charge in [0.05, 0.1) is 16.0 Å². The summed E-state index contributed by atoms with van der Waals surface area (Å²) in [6, 6.07) is 2.95. The van der Waals surface area contributed by atoms with Gasteiger partial charge in [-0.15, -0.1) is 0 Å². The van der Waals surface area contributed by atoms with Crippen LogP contribution in [0, 0.1) is 10.1 Å². The summed E-state index contributed by atoms with van der Waals surface area (Å²) in [6.45, 7) is 5.00. The van der Waals surface area contributed by atoms with Gasteiger partial charge < -0.3 is 14.0 Å². The summed E-state index contributed by atoms with van der Waals surface area (Å²) in [6.07, 6.45) is 0. The van der Waals surface area contributed by atoms with Crippen LogP contribution >= 0.6 is 0 Å². The highest BCUT2D eigenvalue weighted by Gasteiger charge is 2.21. The minimum Gasteiger partial charge on any atom is -0.366 e. The first-order chi connectivity index (χ1) is 10.3. The zero-order valence-corrected chi connectivity index (χ0v) is 13.0. The van der Waals surface area contributed by atoms with Crippen LogP contribution in [0.2, 0.25) is 0 Å². The zero-order valence-electron chi connectivity index (χ0n) is 13.0. The number of hydrogen-bond acceptors (Lipinski definition) is 5. The maximum Gasteiger partial charge on any atom is 0.316 e. The predicted octanol–water partition coefficient (Wildman–Crippen LogP) is 0.992. The Balaban J connectivity index is 2.99. The van der Waals surface area contributed by atoms with E-state index in [1.54, 1.807) is 6.07 Å². The molecular formula is C14H18N4O4. The van der Waals surface area contributed by atoms with Crippen LogP contribution in [0.3, 0.4) is 0 Å². The molecule has 1 aromatic heterocycles. The molecule has 1 heterocycles. The number of hydrogen-bond donors (Lipinski definition) is 0. The number of benzene rings is 1. The highest BCUT2D eigenvalue weighted by atomic mass is 16.6. The van der Waals surface area contributed by atoms with Gasteiger partial charge in [-0.1, -0.05) is 0 Å². The zero-order chi connectivity index (χ0) is 16.6. The average Bonchev–Trinajstić information content (AvgIpc) is 2.51. The first-order valence-electron chi connectivity index (χ1n) is 6.96. The van der Waals surface area contributed by atoms with Crippen LogP contribution in [0.15, 0.2) is 21.7 Å². The Hall–Kier alpha value is -2.64. The third-order valence-electron chi connectivity index (χ3n) is 3.89. The standard InChI is InChI=1S/C14H18N4O4/c1-5-17(6-2)11-7-9-10(8-12(11)18(21)22)16(4)14(20)13(19)15(9)3/h7-8H,5-6H2,1-4H3. The molecule has 1 aromatic carbocycles. The number of rotatable bonds is 4. The molecule has 0 aliphatic carbocycles. The van der Waals surface area contributed by atoms with Gasteiger partial charge in [0.2, 0.25) is 0 Å². The summed E-state index contributed by atoms with van der Waals surface area (Å²) in [7, 11) is 2.93. The molecule has 0 aliphatic heterocycles. The molecule has 2 aromatic rings. The second-order valence-corrected chi connectivity index (χ2v) is 4.99. The summed E-state index contributed by atoms with van der Waals surface area (Å²) in [5.74, 6) is 0. The lowest BCUT2D eigenvalue weighted by Gasteiger charge is -2.22. The maximum absolute atomic E-state index is 11.9. The second kappa shape index (κ2) is 5.63. The van der Waals surface area contributed by atoms with Crippen molar-refractivity contribution in [2.45, 2.75) is 13.8 Å². The Morgan fingerprint density at radius 2 is 1.50 bits per heavy atom. The highest BCUT2D eigenvalue weighted by molar-refractivity contribution is 5.85. The molecule has 0 atom stereocenters. The van der Waals surface area contributed by atoms with Gasteiger partial charge in [-0.2, -0.15) is 0 Å². The van der Waals surface area contributed by atoms with E-state index in [1.165, 1.54) is 24.7 Å². The fraction of sp³-hybridized carbons (Fsp3) is 0.429. The second-order valence-electron chi connectivity index (χ2n) is 4.99. The number of fused-ring (bicyclic) bond motifs is 1.